The number of hydrogen-bond acceptors (Lipinski definition) is 5. The number of carbonyl (C=O) groups excluding carboxylic acids is 4. The smallest absolute Gasteiger partial charge is 0.410 e. The summed E-state index contributed by atoms with van der Waals surface area (Å²) < 4.78 is 19.9. The highest BCUT2D eigenvalue weighted by atomic mass is 19.1. The van der Waals surface area contributed by atoms with E-state index in [1.165, 1.54) is 17.0 Å². The molecule has 0 saturated carbocycles. The first-order chi connectivity index (χ1) is 14.5. The van der Waals surface area contributed by atoms with Crippen molar-refractivity contribution in [3.8, 4) is 0 Å². The summed E-state index contributed by atoms with van der Waals surface area (Å²) in [6.07, 6.45) is 0.620. The minimum Gasteiger partial charge on any atom is -0.444 e. The number of fused-ring (bicyclic) bond motifs is 1. The molecule has 8 nitrogen and oxygen atoms in total. The van der Waals surface area contributed by atoms with Crippen LogP contribution in [0.5, 0.6) is 0 Å². The van der Waals surface area contributed by atoms with Crippen LogP contribution in [0.1, 0.15) is 67.4 Å². The maximum Gasteiger partial charge on any atom is 0.410 e. The zero-order chi connectivity index (χ0) is 22.5. The molecule has 1 aromatic carbocycles. The normalized spacial score (nSPS) is 23.8. The van der Waals surface area contributed by atoms with E-state index in [9.17, 15) is 23.6 Å². The van der Waals surface area contributed by atoms with Crippen molar-refractivity contribution in [2.24, 2.45) is 0 Å². The summed E-state index contributed by atoms with van der Waals surface area (Å²) in [4.78, 5) is 52.1. The number of imide groups is 1. The molecule has 4 amide bonds. The Morgan fingerprint density at radius 2 is 1.94 bits per heavy atom. The molecule has 2 atom stereocenters. The predicted molar refractivity (Wildman–Crippen MR) is 108 cm³/mol. The molecule has 0 radical (unpaired) electrons. The molecule has 2 fully saturated rings. The fraction of sp³-hybridized carbons (Fsp3) is 0.545. The quantitative estimate of drug-likeness (QED) is 0.725. The molecule has 166 valence electrons. The first-order valence-electron chi connectivity index (χ1n) is 10.5. The molecule has 3 aliphatic rings. The Kier molecular flexibility index (Phi) is 5.23. The number of nitrogens with one attached hydrogen (secondary N) is 1. The molecule has 31 heavy (non-hydrogen) atoms. The Labute approximate surface area is 179 Å². The summed E-state index contributed by atoms with van der Waals surface area (Å²) in [7, 11) is 0. The van der Waals surface area contributed by atoms with Gasteiger partial charge in [0, 0.05) is 37.5 Å². The molecule has 4 rings (SSSR count). The van der Waals surface area contributed by atoms with Crippen molar-refractivity contribution in [3.63, 3.8) is 0 Å². The summed E-state index contributed by atoms with van der Waals surface area (Å²) in [6, 6.07) is 1.87. The lowest BCUT2D eigenvalue weighted by atomic mass is 9.91. The van der Waals surface area contributed by atoms with Gasteiger partial charge in [0.25, 0.3) is 5.91 Å². The molecule has 2 unspecified atom stereocenters. The highest BCUT2D eigenvalue weighted by Gasteiger charge is 2.42. The van der Waals surface area contributed by atoms with E-state index in [4.69, 9.17) is 4.74 Å². The zero-order valence-corrected chi connectivity index (χ0v) is 17.9. The van der Waals surface area contributed by atoms with Gasteiger partial charge in [0.15, 0.2) is 0 Å². The Bertz CT molecular complexity index is 971. The topological polar surface area (TPSA) is 96.0 Å². The van der Waals surface area contributed by atoms with Gasteiger partial charge in [-0.1, -0.05) is 0 Å². The number of halogens is 1. The number of amides is 4. The van der Waals surface area contributed by atoms with Gasteiger partial charge < -0.3 is 14.5 Å². The van der Waals surface area contributed by atoms with E-state index < -0.39 is 35.4 Å². The van der Waals surface area contributed by atoms with E-state index in [1.807, 2.05) is 0 Å². The summed E-state index contributed by atoms with van der Waals surface area (Å²) in [5, 5.41) is 2.27. The lowest BCUT2D eigenvalue weighted by Crippen LogP contribution is -2.52. The molecule has 0 spiro atoms. The third-order valence-corrected chi connectivity index (χ3v) is 5.94. The third kappa shape index (κ3) is 4.13. The van der Waals surface area contributed by atoms with Crippen molar-refractivity contribution >= 4 is 23.8 Å². The first kappa shape index (κ1) is 21.3. The fourth-order valence-electron chi connectivity index (χ4n) is 4.52. The van der Waals surface area contributed by atoms with Crippen LogP contribution in [-0.4, -0.2) is 58.3 Å². The number of rotatable bonds is 2. The van der Waals surface area contributed by atoms with Crippen molar-refractivity contribution in [1.82, 2.24) is 15.1 Å². The van der Waals surface area contributed by atoms with Crippen LogP contribution < -0.4 is 5.32 Å². The molecule has 9 heteroatoms. The van der Waals surface area contributed by atoms with Crippen LogP contribution in [0.3, 0.4) is 0 Å². The Morgan fingerprint density at radius 3 is 2.61 bits per heavy atom. The van der Waals surface area contributed by atoms with E-state index in [0.29, 0.717) is 30.6 Å². The van der Waals surface area contributed by atoms with Crippen LogP contribution in [0, 0.1) is 5.82 Å². The molecule has 0 aliphatic carbocycles. The van der Waals surface area contributed by atoms with Gasteiger partial charge in [-0.05, 0) is 56.9 Å². The lowest BCUT2D eigenvalue weighted by Gasteiger charge is -2.29. The summed E-state index contributed by atoms with van der Waals surface area (Å²) in [5.41, 5.74) is 1.01. The highest BCUT2D eigenvalue weighted by Crippen LogP contribution is 2.37. The number of piperidine rings is 1. The van der Waals surface area contributed by atoms with Gasteiger partial charge in [0.05, 0.1) is 0 Å². The number of carbonyl (C=O) groups is 4. The molecule has 0 aromatic heterocycles. The van der Waals surface area contributed by atoms with Crippen LogP contribution in [0.2, 0.25) is 0 Å². The zero-order valence-electron chi connectivity index (χ0n) is 17.9. The van der Waals surface area contributed by atoms with Gasteiger partial charge >= 0.3 is 6.09 Å². The molecule has 1 aromatic rings. The second-order valence-electron chi connectivity index (χ2n) is 9.33. The van der Waals surface area contributed by atoms with E-state index in [1.54, 1.807) is 25.7 Å². The van der Waals surface area contributed by atoms with Gasteiger partial charge in [-0.15, -0.1) is 0 Å². The third-order valence-electron chi connectivity index (χ3n) is 5.94. The monoisotopic (exact) mass is 431 g/mol. The molecule has 1 N–H and O–H groups in total. The Morgan fingerprint density at radius 1 is 1.19 bits per heavy atom. The second-order valence-corrected chi connectivity index (χ2v) is 9.33. The van der Waals surface area contributed by atoms with Crippen molar-refractivity contribution in [1.29, 1.82) is 0 Å². The Balaban J connectivity index is 1.56. The number of benzene rings is 1. The van der Waals surface area contributed by atoms with E-state index in [2.05, 4.69) is 5.32 Å². The highest BCUT2D eigenvalue weighted by molar-refractivity contribution is 6.05. The fourth-order valence-corrected chi connectivity index (χ4v) is 4.52. The average molecular weight is 431 g/mol. The van der Waals surface area contributed by atoms with Gasteiger partial charge in [-0.25, -0.2) is 9.18 Å². The summed E-state index contributed by atoms with van der Waals surface area (Å²) in [5.74, 6) is -1.93. The van der Waals surface area contributed by atoms with Gasteiger partial charge in [0.2, 0.25) is 11.8 Å². The van der Waals surface area contributed by atoms with E-state index in [-0.39, 0.29) is 36.8 Å². The van der Waals surface area contributed by atoms with Gasteiger partial charge in [-0.3, -0.25) is 19.7 Å². The van der Waals surface area contributed by atoms with Gasteiger partial charge in [-0.2, -0.15) is 0 Å². The predicted octanol–water partition coefficient (Wildman–Crippen LogP) is 2.31. The molecular weight excluding hydrogens is 405 g/mol. The first-order valence-corrected chi connectivity index (χ1v) is 10.5. The van der Waals surface area contributed by atoms with E-state index >= 15 is 0 Å². The van der Waals surface area contributed by atoms with Crippen LogP contribution in [-0.2, 0) is 20.9 Å². The largest absolute Gasteiger partial charge is 0.444 e. The molecule has 2 saturated heterocycles. The van der Waals surface area contributed by atoms with Crippen LogP contribution in [0.15, 0.2) is 12.1 Å². The maximum absolute atomic E-state index is 14.4. The molecule has 3 heterocycles. The molecule has 0 bridgehead atoms. The summed E-state index contributed by atoms with van der Waals surface area (Å²) >= 11 is 0. The van der Waals surface area contributed by atoms with E-state index in [0.717, 1.165) is 0 Å². The maximum atomic E-state index is 14.4. The van der Waals surface area contributed by atoms with Crippen molar-refractivity contribution in [2.75, 3.05) is 13.1 Å². The number of nitrogens with zero attached hydrogens (tertiary/aromatic N) is 2. The van der Waals surface area contributed by atoms with Gasteiger partial charge in [0.1, 0.15) is 17.5 Å². The second kappa shape index (κ2) is 7.62. The van der Waals surface area contributed by atoms with Crippen molar-refractivity contribution in [3.05, 3.63) is 34.6 Å². The lowest BCUT2D eigenvalue weighted by molar-refractivity contribution is -0.136. The minimum absolute atomic E-state index is 0.133. The van der Waals surface area contributed by atoms with Crippen LogP contribution >= 0.6 is 0 Å². The van der Waals surface area contributed by atoms with Crippen molar-refractivity contribution in [2.45, 2.75) is 64.1 Å². The molecular formula is C22H26FN3O5. The van der Waals surface area contributed by atoms with Crippen molar-refractivity contribution < 1.29 is 28.3 Å². The summed E-state index contributed by atoms with van der Waals surface area (Å²) in [6.45, 7) is 6.43. The number of likely N-dealkylation sites (tertiary alicyclic amines) is 1. The SMILES string of the molecule is CC(C)(C)OC(=O)N1CCC(c2cc(F)cc3c2CN(C2CCC(=O)NC2=O)C3=O)C1. The standard InChI is InChI=1S/C22H26FN3O5/c1-22(2,3)31-21(30)25-7-6-12(10-25)14-8-13(23)9-15-16(14)11-26(20(15)29)17-4-5-18(27)24-19(17)28/h8-9,12,17H,4-7,10-11H2,1-3H3,(H,24,27,28). The van der Waals surface area contributed by atoms with Crippen LogP contribution in [0.4, 0.5) is 9.18 Å². The number of hydrogen-bond donors (Lipinski definition) is 1. The minimum atomic E-state index is -0.754. The van der Waals surface area contributed by atoms with Crippen LogP contribution in [0.25, 0.3) is 0 Å². The molecule has 3 aliphatic heterocycles. The number of ether oxygens (including phenoxy) is 1. The Hall–Kier alpha value is -2.97. The average Bonchev–Trinajstić information content (AvgIpc) is 3.26.